The molecule has 0 saturated heterocycles. The van der Waals surface area contributed by atoms with Gasteiger partial charge in [-0.2, -0.15) is 5.26 Å². The molecule has 0 saturated carbocycles. The van der Waals surface area contributed by atoms with E-state index in [2.05, 4.69) is 19.9 Å². The summed E-state index contributed by atoms with van der Waals surface area (Å²) in [6.07, 6.45) is 0.958. The van der Waals surface area contributed by atoms with Crippen LogP contribution in [-0.2, 0) is 0 Å². The molecule has 2 heteroatoms. The number of rotatable bonds is 3. The van der Waals surface area contributed by atoms with Crippen molar-refractivity contribution in [3.63, 3.8) is 0 Å². The largest absolute Gasteiger partial charge is 0.197 e. The van der Waals surface area contributed by atoms with Crippen LogP contribution >= 0.6 is 11.8 Å². The summed E-state index contributed by atoms with van der Waals surface area (Å²) >= 11 is 1.74. The first-order valence-corrected chi connectivity index (χ1v) is 4.20. The van der Waals surface area contributed by atoms with E-state index >= 15 is 0 Å². The molecular formula is C7H13NS. The van der Waals surface area contributed by atoms with E-state index in [9.17, 15) is 0 Å². The van der Waals surface area contributed by atoms with Crippen molar-refractivity contribution in [2.24, 2.45) is 0 Å². The summed E-state index contributed by atoms with van der Waals surface area (Å²) < 4.78 is 0. The lowest BCUT2D eigenvalue weighted by Crippen LogP contribution is -2.00. The van der Waals surface area contributed by atoms with Crippen molar-refractivity contribution in [3.8, 4) is 6.07 Å². The standard InChI is InChI=1S/C7H13NS/c1-4-7(5-8)9-6(2)3/h6-7H,4H2,1-3H3. The van der Waals surface area contributed by atoms with Crippen LogP contribution in [0.5, 0.6) is 0 Å². The summed E-state index contributed by atoms with van der Waals surface area (Å²) in [5, 5.41) is 9.28. The minimum Gasteiger partial charge on any atom is -0.197 e. The molecule has 0 bridgehead atoms. The van der Waals surface area contributed by atoms with Crippen LogP contribution in [0.2, 0.25) is 0 Å². The lowest BCUT2D eigenvalue weighted by atomic mass is 10.4. The lowest BCUT2D eigenvalue weighted by Gasteiger charge is -2.07. The molecule has 0 aliphatic carbocycles. The van der Waals surface area contributed by atoms with Gasteiger partial charge in [-0.1, -0.05) is 20.8 Å². The zero-order valence-corrected chi connectivity index (χ0v) is 7.03. The highest BCUT2D eigenvalue weighted by molar-refractivity contribution is 8.00. The van der Waals surface area contributed by atoms with E-state index in [-0.39, 0.29) is 5.25 Å². The van der Waals surface area contributed by atoms with Crippen molar-refractivity contribution in [2.75, 3.05) is 0 Å². The zero-order valence-electron chi connectivity index (χ0n) is 6.22. The third kappa shape index (κ3) is 4.35. The number of hydrogen-bond acceptors (Lipinski definition) is 2. The SMILES string of the molecule is CCC(C#N)SC(C)C. The highest BCUT2D eigenvalue weighted by Crippen LogP contribution is 2.18. The molecule has 1 atom stereocenters. The lowest BCUT2D eigenvalue weighted by molar-refractivity contribution is 0.970. The molecule has 0 amide bonds. The molecule has 52 valence electrons. The minimum atomic E-state index is 0.199. The number of hydrogen-bond donors (Lipinski definition) is 0. The van der Waals surface area contributed by atoms with Gasteiger partial charge in [0.1, 0.15) is 0 Å². The van der Waals surface area contributed by atoms with Crippen LogP contribution in [0, 0.1) is 11.3 Å². The first-order valence-electron chi connectivity index (χ1n) is 3.25. The summed E-state index contributed by atoms with van der Waals surface area (Å²) in [6.45, 7) is 6.28. The van der Waals surface area contributed by atoms with E-state index in [0.717, 1.165) is 6.42 Å². The second kappa shape index (κ2) is 4.69. The summed E-state index contributed by atoms with van der Waals surface area (Å²) in [6, 6.07) is 2.25. The smallest absolute Gasteiger partial charge is 0.0916 e. The summed E-state index contributed by atoms with van der Waals surface area (Å²) in [4.78, 5) is 0. The Balaban J connectivity index is 3.47. The van der Waals surface area contributed by atoms with Crippen LogP contribution in [-0.4, -0.2) is 10.5 Å². The molecule has 1 nitrogen and oxygen atoms in total. The fourth-order valence-electron chi connectivity index (χ4n) is 0.546. The normalized spacial score (nSPS) is 13.2. The Labute approximate surface area is 61.4 Å². The number of thioether (sulfide) groups is 1. The molecule has 0 radical (unpaired) electrons. The molecule has 0 aromatic heterocycles. The van der Waals surface area contributed by atoms with Gasteiger partial charge in [0.05, 0.1) is 11.3 Å². The fourth-order valence-corrected chi connectivity index (χ4v) is 1.46. The van der Waals surface area contributed by atoms with E-state index in [1.54, 1.807) is 11.8 Å². The molecule has 0 aliphatic heterocycles. The quantitative estimate of drug-likeness (QED) is 0.606. The molecule has 0 rings (SSSR count). The van der Waals surface area contributed by atoms with E-state index in [4.69, 9.17) is 5.26 Å². The molecule has 1 unspecified atom stereocenters. The summed E-state index contributed by atoms with van der Waals surface area (Å²) in [5.74, 6) is 0. The highest BCUT2D eigenvalue weighted by atomic mass is 32.2. The van der Waals surface area contributed by atoms with Gasteiger partial charge in [-0.3, -0.25) is 0 Å². The van der Waals surface area contributed by atoms with Crippen LogP contribution in [0.1, 0.15) is 27.2 Å². The Kier molecular flexibility index (Phi) is 4.61. The van der Waals surface area contributed by atoms with Gasteiger partial charge in [0.15, 0.2) is 0 Å². The molecule has 0 aromatic carbocycles. The monoisotopic (exact) mass is 143 g/mol. The predicted octanol–water partition coefficient (Wildman–Crippen LogP) is 2.43. The van der Waals surface area contributed by atoms with Crippen molar-refractivity contribution < 1.29 is 0 Å². The molecular weight excluding hydrogens is 130 g/mol. The Morgan fingerprint density at radius 3 is 2.22 bits per heavy atom. The van der Waals surface area contributed by atoms with Gasteiger partial charge in [-0.15, -0.1) is 11.8 Å². The van der Waals surface area contributed by atoms with Crippen LogP contribution < -0.4 is 0 Å². The van der Waals surface area contributed by atoms with Gasteiger partial charge in [-0.05, 0) is 6.42 Å². The topological polar surface area (TPSA) is 23.8 Å². The number of nitriles is 1. The van der Waals surface area contributed by atoms with Gasteiger partial charge in [0.25, 0.3) is 0 Å². The Hall–Kier alpha value is -0.160. The molecule has 0 fully saturated rings. The Morgan fingerprint density at radius 2 is 2.11 bits per heavy atom. The van der Waals surface area contributed by atoms with Gasteiger partial charge >= 0.3 is 0 Å². The van der Waals surface area contributed by atoms with Crippen molar-refractivity contribution in [1.82, 2.24) is 0 Å². The maximum atomic E-state index is 8.50. The average Bonchev–Trinajstić information content (AvgIpc) is 1.82. The third-order valence-corrected chi connectivity index (χ3v) is 2.26. The van der Waals surface area contributed by atoms with Crippen molar-refractivity contribution in [1.29, 1.82) is 5.26 Å². The van der Waals surface area contributed by atoms with Crippen molar-refractivity contribution in [3.05, 3.63) is 0 Å². The van der Waals surface area contributed by atoms with Gasteiger partial charge in [-0.25, -0.2) is 0 Å². The van der Waals surface area contributed by atoms with Gasteiger partial charge < -0.3 is 0 Å². The van der Waals surface area contributed by atoms with Crippen LogP contribution in [0.15, 0.2) is 0 Å². The Morgan fingerprint density at radius 1 is 1.56 bits per heavy atom. The van der Waals surface area contributed by atoms with E-state index in [1.807, 2.05) is 6.92 Å². The molecule has 0 aliphatic rings. The van der Waals surface area contributed by atoms with Crippen LogP contribution in [0.3, 0.4) is 0 Å². The predicted molar refractivity (Wildman–Crippen MR) is 42.4 cm³/mol. The second-order valence-electron chi connectivity index (χ2n) is 2.21. The Bertz CT molecular complexity index is 104. The average molecular weight is 143 g/mol. The fraction of sp³-hybridized carbons (Fsp3) is 0.857. The second-order valence-corrected chi connectivity index (χ2v) is 3.99. The third-order valence-electron chi connectivity index (χ3n) is 0.951. The maximum absolute atomic E-state index is 8.50. The van der Waals surface area contributed by atoms with E-state index in [1.165, 1.54) is 0 Å². The highest BCUT2D eigenvalue weighted by Gasteiger charge is 2.05. The first kappa shape index (κ1) is 8.84. The maximum Gasteiger partial charge on any atom is 0.0916 e. The molecule has 9 heavy (non-hydrogen) atoms. The van der Waals surface area contributed by atoms with Crippen LogP contribution in [0.4, 0.5) is 0 Å². The van der Waals surface area contributed by atoms with E-state index < -0.39 is 0 Å². The summed E-state index contributed by atoms with van der Waals surface area (Å²) in [5.41, 5.74) is 0. The van der Waals surface area contributed by atoms with Crippen LogP contribution in [0.25, 0.3) is 0 Å². The number of nitrogens with zero attached hydrogens (tertiary/aromatic N) is 1. The van der Waals surface area contributed by atoms with Gasteiger partial charge in [0, 0.05) is 5.25 Å². The minimum absolute atomic E-state index is 0.199. The van der Waals surface area contributed by atoms with Gasteiger partial charge in [0.2, 0.25) is 0 Å². The van der Waals surface area contributed by atoms with Crippen molar-refractivity contribution in [2.45, 2.75) is 37.7 Å². The molecule has 0 heterocycles. The molecule has 0 aromatic rings. The van der Waals surface area contributed by atoms with Crippen molar-refractivity contribution >= 4 is 11.8 Å². The summed E-state index contributed by atoms with van der Waals surface area (Å²) in [7, 11) is 0. The molecule has 0 spiro atoms. The zero-order chi connectivity index (χ0) is 7.28. The molecule has 0 N–H and O–H groups in total. The first-order chi connectivity index (χ1) is 4.20. The van der Waals surface area contributed by atoms with E-state index in [0.29, 0.717) is 5.25 Å².